The third kappa shape index (κ3) is 3.69. The fourth-order valence-corrected chi connectivity index (χ4v) is 7.36. The van der Waals surface area contributed by atoms with Crippen LogP contribution in [0.1, 0.15) is 37.0 Å². The molecule has 1 aromatic rings. The molecule has 4 rings (SSSR count). The number of rotatable bonds is 4. The van der Waals surface area contributed by atoms with E-state index in [1.807, 2.05) is 11.0 Å². The molecule has 8 heteroatoms. The fourth-order valence-electron chi connectivity index (χ4n) is 4.34. The zero-order valence-corrected chi connectivity index (χ0v) is 16.7. The number of hydrogen-bond donors (Lipinski definition) is 0. The Hall–Kier alpha value is -0.960. The molecule has 26 heavy (non-hydrogen) atoms. The first kappa shape index (κ1) is 18.4. The van der Waals surface area contributed by atoms with Crippen molar-refractivity contribution in [2.45, 2.75) is 48.8 Å². The lowest BCUT2D eigenvalue weighted by atomic mass is 10.2. The predicted octanol–water partition coefficient (Wildman–Crippen LogP) is 1.77. The van der Waals surface area contributed by atoms with Gasteiger partial charge in [0, 0.05) is 43.6 Å². The van der Waals surface area contributed by atoms with Crippen LogP contribution in [0.25, 0.3) is 0 Å². The van der Waals surface area contributed by atoms with E-state index in [4.69, 9.17) is 0 Å². The number of fused-ring (bicyclic) bond motifs is 1. The molecule has 1 atom stereocenters. The Morgan fingerprint density at radius 2 is 1.81 bits per heavy atom. The van der Waals surface area contributed by atoms with Gasteiger partial charge in [0.25, 0.3) is 10.0 Å². The normalized spacial score (nSPS) is 25.4. The van der Waals surface area contributed by atoms with E-state index in [1.165, 1.54) is 24.2 Å². The second-order valence-corrected chi connectivity index (χ2v) is 10.9. The Balaban J connectivity index is 1.41. The van der Waals surface area contributed by atoms with Crippen LogP contribution in [0.2, 0.25) is 0 Å². The highest BCUT2D eigenvalue weighted by atomic mass is 32.2. The molecular weight excluding hydrogens is 370 g/mol. The van der Waals surface area contributed by atoms with Crippen molar-refractivity contribution in [3.05, 3.63) is 17.0 Å². The predicted molar refractivity (Wildman–Crippen MR) is 102 cm³/mol. The number of amides is 1. The Kier molecular flexibility index (Phi) is 5.36. The first-order valence-electron chi connectivity index (χ1n) is 9.65. The van der Waals surface area contributed by atoms with E-state index in [-0.39, 0.29) is 5.91 Å². The SMILES string of the molecule is O=C(Cc1ccc(S(=O)(=O)N2CCCC2)s1)N1CCCN2CCCC2C1. The Morgan fingerprint density at radius 3 is 2.62 bits per heavy atom. The first-order valence-corrected chi connectivity index (χ1v) is 11.9. The van der Waals surface area contributed by atoms with Gasteiger partial charge in [-0.3, -0.25) is 9.69 Å². The second-order valence-electron chi connectivity index (χ2n) is 7.53. The van der Waals surface area contributed by atoms with Crippen LogP contribution in [-0.4, -0.2) is 73.7 Å². The molecule has 1 aromatic heterocycles. The standard InChI is InChI=1S/C18H27N3O3S2/c22-17(20-10-4-9-19-8-3-5-15(19)14-20)13-16-6-7-18(25-16)26(23,24)21-11-1-2-12-21/h6-7,15H,1-5,8-14H2. The van der Waals surface area contributed by atoms with Crippen molar-refractivity contribution in [2.24, 2.45) is 0 Å². The van der Waals surface area contributed by atoms with Gasteiger partial charge in [0.1, 0.15) is 4.21 Å². The maximum atomic E-state index is 12.8. The summed E-state index contributed by atoms with van der Waals surface area (Å²) in [6.07, 6.45) is 5.62. The van der Waals surface area contributed by atoms with Crippen LogP contribution in [0.4, 0.5) is 0 Å². The zero-order valence-electron chi connectivity index (χ0n) is 15.1. The quantitative estimate of drug-likeness (QED) is 0.777. The van der Waals surface area contributed by atoms with Gasteiger partial charge < -0.3 is 4.90 Å². The third-order valence-electron chi connectivity index (χ3n) is 5.78. The van der Waals surface area contributed by atoms with Crippen molar-refractivity contribution < 1.29 is 13.2 Å². The summed E-state index contributed by atoms with van der Waals surface area (Å²) in [5.74, 6) is 0.130. The third-order valence-corrected chi connectivity index (χ3v) is 9.23. The summed E-state index contributed by atoms with van der Waals surface area (Å²) in [7, 11) is -3.38. The molecule has 3 saturated heterocycles. The highest BCUT2D eigenvalue weighted by molar-refractivity contribution is 7.91. The molecule has 0 radical (unpaired) electrons. The summed E-state index contributed by atoms with van der Waals surface area (Å²) in [6.45, 7) is 5.11. The van der Waals surface area contributed by atoms with Gasteiger partial charge in [0.2, 0.25) is 5.91 Å². The monoisotopic (exact) mass is 397 g/mol. The van der Waals surface area contributed by atoms with Crippen molar-refractivity contribution in [3.8, 4) is 0 Å². The van der Waals surface area contributed by atoms with Gasteiger partial charge >= 0.3 is 0 Å². The fraction of sp³-hybridized carbons (Fsp3) is 0.722. The molecule has 3 aliphatic heterocycles. The Labute approximate surface area is 159 Å². The molecule has 0 spiro atoms. The van der Waals surface area contributed by atoms with Crippen LogP contribution >= 0.6 is 11.3 Å². The maximum absolute atomic E-state index is 12.8. The molecule has 0 aliphatic carbocycles. The lowest BCUT2D eigenvalue weighted by Crippen LogP contribution is -2.40. The molecule has 4 heterocycles. The smallest absolute Gasteiger partial charge is 0.252 e. The van der Waals surface area contributed by atoms with Crippen molar-refractivity contribution in [3.63, 3.8) is 0 Å². The largest absolute Gasteiger partial charge is 0.341 e. The van der Waals surface area contributed by atoms with E-state index in [0.717, 1.165) is 50.3 Å². The van der Waals surface area contributed by atoms with Crippen LogP contribution in [-0.2, 0) is 21.2 Å². The van der Waals surface area contributed by atoms with Gasteiger partial charge in [-0.15, -0.1) is 11.3 Å². The van der Waals surface area contributed by atoms with Crippen LogP contribution in [0.3, 0.4) is 0 Å². The average Bonchev–Trinajstić information content (AvgIpc) is 3.35. The Bertz CT molecular complexity index is 755. The molecule has 144 valence electrons. The van der Waals surface area contributed by atoms with E-state index >= 15 is 0 Å². The highest BCUT2D eigenvalue weighted by Gasteiger charge is 2.31. The van der Waals surface area contributed by atoms with E-state index in [9.17, 15) is 13.2 Å². The van der Waals surface area contributed by atoms with Gasteiger partial charge in [-0.05, 0) is 50.8 Å². The van der Waals surface area contributed by atoms with E-state index in [0.29, 0.717) is 29.8 Å². The summed E-state index contributed by atoms with van der Waals surface area (Å²) in [5, 5.41) is 0. The van der Waals surface area contributed by atoms with Gasteiger partial charge in [0.05, 0.1) is 6.42 Å². The molecule has 0 saturated carbocycles. The number of sulfonamides is 1. The second kappa shape index (κ2) is 7.58. The Morgan fingerprint density at radius 1 is 1.04 bits per heavy atom. The minimum Gasteiger partial charge on any atom is -0.341 e. The van der Waals surface area contributed by atoms with E-state index in [2.05, 4.69) is 4.90 Å². The average molecular weight is 398 g/mol. The number of thiophene rings is 1. The van der Waals surface area contributed by atoms with Gasteiger partial charge in [-0.25, -0.2) is 8.42 Å². The molecule has 1 unspecified atom stereocenters. The van der Waals surface area contributed by atoms with Gasteiger partial charge in [0.15, 0.2) is 0 Å². The van der Waals surface area contributed by atoms with Crippen molar-refractivity contribution in [1.29, 1.82) is 0 Å². The summed E-state index contributed by atoms with van der Waals surface area (Å²) in [6, 6.07) is 3.99. The molecule has 1 amide bonds. The number of hydrogen-bond acceptors (Lipinski definition) is 5. The number of carbonyl (C=O) groups excluding carboxylic acids is 1. The molecule has 0 aromatic carbocycles. The van der Waals surface area contributed by atoms with Crippen LogP contribution < -0.4 is 0 Å². The molecule has 6 nitrogen and oxygen atoms in total. The van der Waals surface area contributed by atoms with Crippen molar-refractivity contribution in [1.82, 2.24) is 14.1 Å². The zero-order chi connectivity index (χ0) is 18.1. The minimum absolute atomic E-state index is 0.130. The van der Waals surface area contributed by atoms with Crippen molar-refractivity contribution >= 4 is 27.3 Å². The first-order chi connectivity index (χ1) is 12.5. The lowest BCUT2D eigenvalue weighted by Gasteiger charge is -2.25. The summed E-state index contributed by atoms with van der Waals surface area (Å²) >= 11 is 1.26. The minimum atomic E-state index is -3.38. The van der Waals surface area contributed by atoms with Crippen LogP contribution in [0.5, 0.6) is 0 Å². The molecule has 3 fully saturated rings. The molecule has 0 N–H and O–H groups in total. The van der Waals surface area contributed by atoms with Crippen LogP contribution in [0.15, 0.2) is 16.3 Å². The number of carbonyl (C=O) groups is 1. The molecule has 0 bridgehead atoms. The number of nitrogens with zero attached hydrogens (tertiary/aromatic N) is 3. The molecular formula is C18H27N3O3S2. The lowest BCUT2D eigenvalue weighted by molar-refractivity contribution is -0.130. The topological polar surface area (TPSA) is 60.9 Å². The van der Waals surface area contributed by atoms with Gasteiger partial charge in [-0.1, -0.05) is 0 Å². The highest BCUT2D eigenvalue weighted by Crippen LogP contribution is 2.28. The van der Waals surface area contributed by atoms with E-state index in [1.54, 1.807) is 10.4 Å². The maximum Gasteiger partial charge on any atom is 0.252 e. The van der Waals surface area contributed by atoms with Crippen molar-refractivity contribution in [2.75, 3.05) is 39.3 Å². The van der Waals surface area contributed by atoms with E-state index < -0.39 is 10.0 Å². The van der Waals surface area contributed by atoms with Crippen LogP contribution in [0, 0.1) is 0 Å². The summed E-state index contributed by atoms with van der Waals surface area (Å²) in [5.41, 5.74) is 0. The summed E-state index contributed by atoms with van der Waals surface area (Å²) in [4.78, 5) is 18.1. The molecule has 3 aliphatic rings. The summed E-state index contributed by atoms with van der Waals surface area (Å²) < 4.78 is 27.2. The van der Waals surface area contributed by atoms with Gasteiger partial charge in [-0.2, -0.15) is 4.31 Å².